The zero-order valence-corrected chi connectivity index (χ0v) is 3.14. The maximum atomic E-state index is 5.00. The first-order chi connectivity index (χ1) is 2.89. The van der Waals surface area contributed by atoms with Crippen molar-refractivity contribution in [1.82, 2.24) is 0 Å². The van der Waals surface area contributed by atoms with Crippen LogP contribution in [0.5, 0.6) is 0 Å². The van der Waals surface area contributed by atoms with Crippen molar-refractivity contribution < 1.29 is 4.74 Å². The Hall–Kier alpha value is -0.730. The third kappa shape index (κ3) is 0.429. The highest BCUT2D eigenvalue weighted by Crippen LogP contribution is 1.90. The Kier molecular flexibility index (Phi) is 0.670. The molecule has 3 nitrogen and oxygen atoms in total. The van der Waals surface area contributed by atoms with Crippen LogP contribution in [0.3, 0.4) is 0 Å². The smallest absolute Gasteiger partial charge is 0.282 e. The molecule has 0 aromatic heterocycles. The lowest BCUT2D eigenvalue weighted by molar-refractivity contribution is 0.356. The van der Waals surface area contributed by atoms with Crippen LogP contribution in [0, 0.1) is 6.54 Å². The molecule has 0 atom stereocenters. The van der Waals surface area contributed by atoms with Crippen molar-refractivity contribution in [2.24, 2.45) is 10.7 Å². The zero-order valence-electron chi connectivity index (χ0n) is 3.14. The van der Waals surface area contributed by atoms with Crippen LogP contribution in [0.2, 0.25) is 0 Å². The number of hydrogen-bond acceptors (Lipinski definition) is 3. The van der Waals surface area contributed by atoms with Crippen molar-refractivity contribution >= 4 is 6.02 Å². The lowest BCUT2D eigenvalue weighted by atomic mass is 10.8. The van der Waals surface area contributed by atoms with E-state index in [0.29, 0.717) is 6.61 Å². The van der Waals surface area contributed by atoms with E-state index in [-0.39, 0.29) is 6.02 Å². The van der Waals surface area contributed by atoms with Crippen LogP contribution in [-0.4, -0.2) is 12.6 Å². The van der Waals surface area contributed by atoms with Gasteiger partial charge in [0.1, 0.15) is 6.61 Å². The Morgan fingerprint density at radius 2 is 2.83 bits per heavy atom. The van der Waals surface area contributed by atoms with Gasteiger partial charge in [-0.2, -0.15) is 0 Å². The highest BCUT2D eigenvalue weighted by molar-refractivity contribution is 5.73. The number of hydrogen-bond donors (Lipinski definition) is 1. The second-order valence-electron chi connectivity index (χ2n) is 0.897. The van der Waals surface area contributed by atoms with E-state index in [2.05, 4.69) is 16.3 Å². The number of nitrogens with zero attached hydrogens (tertiary/aromatic N) is 1. The van der Waals surface area contributed by atoms with E-state index in [4.69, 9.17) is 5.73 Å². The molecule has 0 unspecified atom stereocenters. The summed E-state index contributed by atoms with van der Waals surface area (Å²) in [5, 5.41) is 0. The average molecular weight is 84.1 g/mol. The molecule has 1 rings (SSSR count). The van der Waals surface area contributed by atoms with Crippen molar-refractivity contribution in [2.45, 2.75) is 0 Å². The molecule has 3 heteroatoms. The molecule has 2 N–H and O–H groups in total. The minimum absolute atomic E-state index is 0.218. The number of amidine groups is 1. The summed E-state index contributed by atoms with van der Waals surface area (Å²) in [6, 6.07) is 0.218. The number of nitrogens with two attached hydrogens (primary N) is 1. The van der Waals surface area contributed by atoms with Gasteiger partial charge in [0.05, 0.1) is 0 Å². The first-order valence-corrected chi connectivity index (χ1v) is 1.58. The SMILES string of the molecule is NC1=N[C]CO1. The quantitative estimate of drug-likeness (QED) is 0.424. The Morgan fingerprint density at radius 3 is 3.00 bits per heavy atom. The summed E-state index contributed by atoms with van der Waals surface area (Å²) < 4.78 is 4.57. The van der Waals surface area contributed by atoms with Crippen LogP contribution in [0.4, 0.5) is 0 Å². The summed E-state index contributed by atoms with van der Waals surface area (Å²) in [7, 11) is 0. The van der Waals surface area contributed by atoms with Gasteiger partial charge in [0.15, 0.2) is 6.54 Å². The van der Waals surface area contributed by atoms with E-state index >= 15 is 0 Å². The van der Waals surface area contributed by atoms with E-state index in [0.717, 1.165) is 0 Å². The molecule has 0 spiro atoms. The van der Waals surface area contributed by atoms with Crippen molar-refractivity contribution in [3.63, 3.8) is 0 Å². The third-order valence-corrected chi connectivity index (χ3v) is 0.474. The molecule has 1 aliphatic heterocycles. The molecule has 0 aromatic rings. The molecule has 2 radical (unpaired) electrons. The third-order valence-electron chi connectivity index (χ3n) is 0.474. The fourth-order valence-electron chi connectivity index (χ4n) is 0.249. The van der Waals surface area contributed by atoms with Crippen molar-refractivity contribution in [1.29, 1.82) is 0 Å². The second kappa shape index (κ2) is 1.16. The summed E-state index contributed by atoms with van der Waals surface area (Å²) in [5.41, 5.74) is 5.00. The lowest BCUT2D eigenvalue weighted by Crippen LogP contribution is -2.09. The molecule has 1 heterocycles. The van der Waals surface area contributed by atoms with E-state index in [1.54, 1.807) is 0 Å². The largest absolute Gasteiger partial charge is 0.463 e. The highest BCUT2D eigenvalue weighted by Gasteiger charge is 1.99. The minimum Gasteiger partial charge on any atom is -0.463 e. The summed E-state index contributed by atoms with van der Waals surface area (Å²) in [6.07, 6.45) is 0. The highest BCUT2D eigenvalue weighted by atomic mass is 16.5. The molecule has 0 saturated carbocycles. The van der Waals surface area contributed by atoms with Gasteiger partial charge in [0, 0.05) is 0 Å². The monoisotopic (exact) mass is 84.0 g/mol. The summed E-state index contributed by atoms with van der Waals surface area (Å²) in [5.74, 6) is 0. The van der Waals surface area contributed by atoms with Gasteiger partial charge in [-0.3, -0.25) is 0 Å². The lowest BCUT2D eigenvalue weighted by Gasteiger charge is -1.85. The molecular formula is C3H4N2O. The Labute approximate surface area is 35.8 Å². The van der Waals surface area contributed by atoms with Gasteiger partial charge < -0.3 is 10.5 Å². The topological polar surface area (TPSA) is 47.6 Å². The molecule has 1 aliphatic rings. The normalized spacial score (nSPS) is 19.7. The van der Waals surface area contributed by atoms with Gasteiger partial charge >= 0.3 is 0 Å². The van der Waals surface area contributed by atoms with Gasteiger partial charge in [-0.1, -0.05) is 0 Å². The fourth-order valence-corrected chi connectivity index (χ4v) is 0.249. The first kappa shape index (κ1) is 3.46. The maximum Gasteiger partial charge on any atom is 0.282 e. The molecular weight excluding hydrogens is 80.0 g/mol. The Morgan fingerprint density at radius 1 is 2.00 bits per heavy atom. The number of aliphatic imine (C=N–C) groups is 1. The second-order valence-corrected chi connectivity index (χ2v) is 0.897. The minimum atomic E-state index is 0.218. The molecule has 6 heavy (non-hydrogen) atoms. The van der Waals surface area contributed by atoms with Crippen LogP contribution in [0.1, 0.15) is 0 Å². The van der Waals surface area contributed by atoms with Gasteiger partial charge in [-0.25, -0.2) is 4.99 Å². The van der Waals surface area contributed by atoms with Gasteiger partial charge in [-0.15, -0.1) is 0 Å². The van der Waals surface area contributed by atoms with Gasteiger partial charge in [0.25, 0.3) is 6.02 Å². The Bertz CT molecular complexity index is 78.9. The maximum absolute atomic E-state index is 5.00. The Balaban J connectivity index is 2.45. The van der Waals surface area contributed by atoms with E-state index in [1.807, 2.05) is 0 Å². The van der Waals surface area contributed by atoms with Crippen LogP contribution in [-0.2, 0) is 4.74 Å². The van der Waals surface area contributed by atoms with Crippen LogP contribution < -0.4 is 5.73 Å². The van der Waals surface area contributed by atoms with Gasteiger partial charge in [-0.05, 0) is 0 Å². The molecule has 0 aliphatic carbocycles. The number of ether oxygens (including phenoxy) is 1. The summed E-state index contributed by atoms with van der Waals surface area (Å²) in [4.78, 5) is 3.46. The van der Waals surface area contributed by atoms with Crippen molar-refractivity contribution in [2.75, 3.05) is 6.61 Å². The van der Waals surface area contributed by atoms with Crippen LogP contribution >= 0.6 is 0 Å². The predicted molar refractivity (Wildman–Crippen MR) is 20.8 cm³/mol. The van der Waals surface area contributed by atoms with E-state index < -0.39 is 0 Å². The molecule has 0 bridgehead atoms. The summed E-state index contributed by atoms with van der Waals surface area (Å²) in [6.45, 7) is 2.92. The molecule has 0 saturated heterocycles. The molecule has 0 amide bonds. The fraction of sp³-hybridized carbons (Fsp3) is 0.333. The van der Waals surface area contributed by atoms with Gasteiger partial charge in [0.2, 0.25) is 0 Å². The predicted octanol–water partition coefficient (Wildman–Crippen LogP) is -0.630. The van der Waals surface area contributed by atoms with Crippen molar-refractivity contribution in [3.05, 3.63) is 6.54 Å². The van der Waals surface area contributed by atoms with E-state index in [9.17, 15) is 0 Å². The standard InChI is InChI=1S/C3H4N2O/c4-3-5-1-2-6-3/h2,4H2. The van der Waals surface area contributed by atoms with Crippen LogP contribution in [0.25, 0.3) is 0 Å². The van der Waals surface area contributed by atoms with Crippen LogP contribution in [0.15, 0.2) is 4.99 Å². The van der Waals surface area contributed by atoms with Crippen molar-refractivity contribution in [3.8, 4) is 0 Å². The molecule has 32 valence electrons. The first-order valence-electron chi connectivity index (χ1n) is 1.58. The molecule has 0 fully saturated rings. The van der Waals surface area contributed by atoms with E-state index in [1.165, 1.54) is 0 Å². The molecule has 0 aromatic carbocycles. The average Bonchev–Trinajstić information content (AvgIpc) is 1.86. The zero-order chi connectivity index (χ0) is 4.41. The number of rotatable bonds is 0. The summed E-state index contributed by atoms with van der Waals surface area (Å²) >= 11 is 0.